The molecule has 0 saturated heterocycles. The van der Waals surface area contributed by atoms with E-state index in [2.05, 4.69) is 21.2 Å². The molecule has 0 amide bonds. The fraction of sp³-hybridized carbons (Fsp3) is 0.364. The molecule has 1 aliphatic heterocycles. The minimum atomic E-state index is 0.531. The summed E-state index contributed by atoms with van der Waals surface area (Å²) >= 11 is 0. The summed E-state index contributed by atoms with van der Waals surface area (Å²) in [6.45, 7) is 0.889. The zero-order chi connectivity index (χ0) is 11.2. The number of hydrogen-bond donors (Lipinski definition) is 1. The van der Waals surface area contributed by atoms with E-state index in [0.717, 1.165) is 25.8 Å². The van der Waals surface area contributed by atoms with Crippen molar-refractivity contribution >= 4 is 12.4 Å². The van der Waals surface area contributed by atoms with Crippen LogP contribution in [-0.2, 0) is 6.42 Å². The fourth-order valence-electron chi connectivity index (χ4n) is 1.54. The number of oxazole rings is 1. The molecule has 0 bridgehead atoms. The number of hydrogen-bond acceptors (Lipinski definition) is 5. The van der Waals surface area contributed by atoms with Gasteiger partial charge in [0.05, 0.1) is 6.21 Å². The van der Waals surface area contributed by atoms with Gasteiger partial charge in [0.15, 0.2) is 5.89 Å². The van der Waals surface area contributed by atoms with Crippen LogP contribution in [0.4, 0.5) is 0 Å². The Labute approximate surface area is 93.2 Å². The van der Waals surface area contributed by atoms with Gasteiger partial charge in [-0.25, -0.2) is 4.98 Å². The molecule has 16 heavy (non-hydrogen) atoms. The lowest BCUT2D eigenvalue weighted by Crippen LogP contribution is -1.97. The molecule has 0 aromatic carbocycles. The van der Waals surface area contributed by atoms with Crippen LogP contribution >= 0.6 is 0 Å². The largest absolute Gasteiger partial charge is 0.448 e. The molecular formula is C11H13N3O2. The lowest BCUT2D eigenvalue weighted by molar-refractivity contribution is 0.321. The maximum absolute atomic E-state index is 8.32. The predicted molar refractivity (Wildman–Crippen MR) is 60.3 cm³/mol. The molecular weight excluding hydrogens is 206 g/mol. The molecule has 5 heteroatoms. The van der Waals surface area contributed by atoms with Crippen molar-refractivity contribution in [1.29, 1.82) is 0 Å². The van der Waals surface area contributed by atoms with Crippen molar-refractivity contribution in [2.45, 2.75) is 19.3 Å². The van der Waals surface area contributed by atoms with Crippen LogP contribution in [0, 0.1) is 0 Å². The normalized spacial score (nSPS) is 15.6. The van der Waals surface area contributed by atoms with E-state index >= 15 is 0 Å². The topological polar surface area (TPSA) is 71.0 Å². The van der Waals surface area contributed by atoms with Gasteiger partial charge in [0.25, 0.3) is 0 Å². The molecule has 0 aliphatic carbocycles. The molecule has 5 nitrogen and oxygen atoms in total. The first-order valence-electron chi connectivity index (χ1n) is 5.19. The van der Waals surface area contributed by atoms with Crippen molar-refractivity contribution in [2.24, 2.45) is 10.1 Å². The first-order chi connectivity index (χ1) is 7.88. The third-order valence-corrected chi connectivity index (χ3v) is 2.31. The van der Waals surface area contributed by atoms with Crippen LogP contribution in [0.5, 0.6) is 0 Å². The number of oxime groups is 1. The number of aromatic nitrogens is 1. The summed E-state index contributed by atoms with van der Waals surface area (Å²) in [5.41, 5.74) is 1.76. The number of aryl methyl sites for hydroxylation is 1. The van der Waals surface area contributed by atoms with Crippen molar-refractivity contribution in [3.05, 3.63) is 29.5 Å². The average molecular weight is 219 g/mol. The Balaban J connectivity index is 1.89. The first kappa shape index (κ1) is 10.6. The van der Waals surface area contributed by atoms with Crippen molar-refractivity contribution in [2.75, 3.05) is 6.54 Å². The molecule has 84 valence electrons. The summed E-state index contributed by atoms with van der Waals surface area (Å²) in [4.78, 5) is 8.34. The Bertz CT molecular complexity index is 432. The summed E-state index contributed by atoms with van der Waals surface area (Å²) in [6.07, 6.45) is 9.43. The Morgan fingerprint density at radius 3 is 3.19 bits per heavy atom. The van der Waals surface area contributed by atoms with Gasteiger partial charge in [-0.2, -0.15) is 0 Å². The molecule has 0 saturated carbocycles. The smallest absolute Gasteiger partial charge is 0.194 e. The molecule has 0 radical (unpaired) electrons. The second-order valence-electron chi connectivity index (χ2n) is 3.51. The number of rotatable bonds is 4. The number of dihydropyridines is 1. The van der Waals surface area contributed by atoms with Crippen molar-refractivity contribution < 1.29 is 9.62 Å². The quantitative estimate of drug-likeness (QED) is 0.477. The van der Waals surface area contributed by atoms with Crippen LogP contribution in [0.25, 0.3) is 0 Å². The van der Waals surface area contributed by atoms with E-state index in [1.54, 1.807) is 0 Å². The summed E-state index contributed by atoms with van der Waals surface area (Å²) in [5.74, 6) is 0.648. The minimum absolute atomic E-state index is 0.531. The molecule has 1 aromatic rings. The van der Waals surface area contributed by atoms with Crippen LogP contribution in [0.15, 0.2) is 32.5 Å². The minimum Gasteiger partial charge on any atom is -0.448 e. The summed E-state index contributed by atoms with van der Waals surface area (Å²) < 4.78 is 5.22. The zero-order valence-electron chi connectivity index (χ0n) is 8.83. The summed E-state index contributed by atoms with van der Waals surface area (Å²) in [7, 11) is 0. The molecule has 1 aromatic heterocycles. The Kier molecular flexibility index (Phi) is 3.48. The van der Waals surface area contributed by atoms with Crippen LogP contribution in [-0.4, -0.2) is 29.2 Å². The van der Waals surface area contributed by atoms with Crippen LogP contribution in [0.1, 0.15) is 24.4 Å². The predicted octanol–water partition coefficient (Wildman–Crippen LogP) is 1.82. The standard InChI is InChI=1S/C11H13N3O2/c15-13-7-10-8-16-11(14-10)4-3-9-2-1-5-12-6-9/h2,6-8,15H,1,3-5H2/b13-7+. The van der Waals surface area contributed by atoms with Crippen LogP contribution in [0.2, 0.25) is 0 Å². The SMILES string of the molecule is O/N=C/c1coc(CCC2=CCCN=C2)n1. The van der Waals surface area contributed by atoms with Gasteiger partial charge < -0.3 is 9.62 Å². The van der Waals surface area contributed by atoms with Gasteiger partial charge in [-0.05, 0) is 18.4 Å². The molecule has 0 unspecified atom stereocenters. The van der Waals surface area contributed by atoms with E-state index in [9.17, 15) is 0 Å². The molecule has 0 spiro atoms. The third kappa shape index (κ3) is 2.79. The van der Waals surface area contributed by atoms with E-state index in [1.807, 2.05) is 6.21 Å². The van der Waals surface area contributed by atoms with Crippen molar-refractivity contribution in [1.82, 2.24) is 4.98 Å². The zero-order valence-corrected chi connectivity index (χ0v) is 8.83. The van der Waals surface area contributed by atoms with Crippen LogP contribution in [0.3, 0.4) is 0 Å². The maximum atomic E-state index is 8.32. The average Bonchev–Trinajstić information content (AvgIpc) is 2.76. The maximum Gasteiger partial charge on any atom is 0.194 e. The second kappa shape index (κ2) is 5.25. The highest BCUT2D eigenvalue weighted by molar-refractivity contribution is 5.79. The molecule has 1 N–H and O–H groups in total. The fourth-order valence-corrected chi connectivity index (χ4v) is 1.54. The lowest BCUT2D eigenvalue weighted by Gasteiger charge is -2.03. The first-order valence-corrected chi connectivity index (χ1v) is 5.19. The summed E-state index contributed by atoms with van der Waals surface area (Å²) in [6, 6.07) is 0. The van der Waals surface area contributed by atoms with Gasteiger partial charge in [0.1, 0.15) is 12.0 Å². The molecule has 1 aliphatic rings. The third-order valence-electron chi connectivity index (χ3n) is 2.31. The number of aliphatic imine (C=N–C) groups is 1. The second-order valence-corrected chi connectivity index (χ2v) is 3.51. The highest BCUT2D eigenvalue weighted by Crippen LogP contribution is 2.10. The number of nitrogens with zero attached hydrogens (tertiary/aromatic N) is 3. The van der Waals surface area contributed by atoms with Gasteiger partial charge in [-0.15, -0.1) is 0 Å². The molecule has 2 rings (SSSR count). The van der Waals surface area contributed by atoms with E-state index < -0.39 is 0 Å². The van der Waals surface area contributed by atoms with Gasteiger partial charge in [0, 0.05) is 19.2 Å². The monoisotopic (exact) mass is 219 g/mol. The van der Waals surface area contributed by atoms with Crippen molar-refractivity contribution in [3.8, 4) is 0 Å². The highest BCUT2D eigenvalue weighted by Gasteiger charge is 2.04. The van der Waals surface area contributed by atoms with E-state index in [-0.39, 0.29) is 0 Å². The molecule has 0 fully saturated rings. The van der Waals surface area contributed by atoms with Crippen molar-refractivity contribution in [3.63, 3.8) is 0 Å². The van der Waals surface area contributed by atoms with Crippen LogP contribution < -0.4 is 0 Å². The van der Waals surface area contributed by atoms with Gasteiger partial charge in [0.2, 0.25) is 0 Å². The Hall–Kier alpha value is -1.91. The Morgan fingerprint density at radius 2 is 2.44 bits per heavy atom. The van der Waals surface area contributed by atoms with Gasteiger partial charge in [-0.3, -0.25) is 4.99 Å². The molecule has 2 heterocycles. The van der Waals surface area contributed by atoms with Gasteiger partial charge in [-0.1, -0.05) is 11.2 Å². The van der Waals surface area contributed by atoms with E-state index in [4.69, 9.17) is 9.62 Å². The molecule has 0 atom stereocenters. The Morgan fingerprint density at radius 1 is 1.50 bits per heavy atom. The van der Waals surface area contributed by atoms with E-state index in [1.165, 1.54) is 18.1 Å². The summed E-state index contributed by atoms with van der Waals surface area (Å²) in [5, 5.41) is 11.2. The highest BCUT2D eigenvalue weighted by atomic mass is 16.4. The van der Waals surface area contributed by atoms with Gasteiger partial charge >= 0.3 is 0 Å². The van der Waals surface area contributed by atoms with E-state index in [0.29, 0.717) is 11.6 Å². The lowest BCUT2D eigenvalue weighted by atomic mass is 10.1. The number of allylic oxidation sites excluding steroid dienone is 1.